The quantitative estimate of drug-likeness (QED) is 0.574. The van der Waals surface area contributed by atoms with Crippen LogP contribution in [0.4, 0.5) is 0 Å². The maximum Gasteiger partial charge on any atom is 0.231 e. The summed E-state index contributed by atoms with van der Waals surface area (Å²) in [5, 5.41) is 0. The van der Waals surface area contributed by atoms with E-state index in [-0.39, 0.29) is 0 Å². The number of ether oxygens (including phenoxy) is 2. The molecule has 1 saturated heterocycles. The number of hydrogen-bond acceptors (Lipinski definition) is 4. The number of carbonyl (C=O) groups excluding carboxylic acids is 1. The Balaban J connectivity index is 1.16. The van der Waals surface area contributed by atoms with Gasteiger partial charge < -0.3 is 14.4 Å². The number of rotatable bonds is 8. The average molecular weight is 400 g/mol. The molecular weight excluding hydrogens is 362 g/mol. The molecule has 0 radical (unpaired) electrons. The first kappa shape index (κ1) is 20.7. The Labute approximate surface area is 175 Å². The number of fused-ring (bicyclic) bond motifs is 1. The Kier molecular flexibility index (Phi) is 7.12. The molecule has 4 nitrogen and oxygen atoms in total. The molecule has 160 valence electrons. The van der Waals surface area contributed by atoms with E-state index in [4.69, 9.17) is 9.47 Å². The zero-order valence-electron chi connectivity index (χ0n) is 18.0. The molecule has 2 heterocycles. The maximum atomic E-state index is 11.9. The van der Waals surface area contributed by atoms with Crippen LogP contribution in [0.3, 0.4) is 0 Å². The van der Waals surface area contributed by atoms with Crippen LogP contribution < -0.4 is 9.47 Å². The average Bonchev–Trinajstić information content (AvgIpc) is 3.23. The Morgan fingerprint density at radius 3 is 2.55 bits per heavy atom. The minimum atomic E-state index is 0.361. The van der Waals surface area contributed by atoms with Crippen molar-refractivity contribution in [3.05, 3.63) is 23.8 Å². The molecule has 0 unspecified atom stereocenters. The summed E-state index contributed by atoms with van der Waals surface area (Å²) in [6.07, 6.45) is 11.6. The SMILES string of the molecule is CCCC(=O)CC1CCC(CCN2CCC(c3cccc4c3OCO4)CC2)CC1. The monoisotopic (exact) mass is 399 g/mol. The zero-order valence-corrected chi connectivity index (χ0v) is 18.0. The number of Topliss-reactive ketones (excluding diaryl/α,β-unsaturated/α-hetero) is 1. The standard InChI is InChI=1S/C25H37NO3/c1-2-4-22(27)17-20-9-7-19(8-10-20)11-14-26-15-12-21(13-16-26)23-5-3-6-24-25(23)29-18-28-24/h3,5-6,19-21H,2,4,7-18H2,1H3. The maximum absolute atomic E-state index is 11.9. The topological polar surface area (TPSA) is 38.8 Å². The molecule has 0 atom stereocenters. The van der Waals surface area contributed by atoms with Crippen LogP contribution in [0.25, 0.3) is 0 Å². The molecule has 1 aromatic carbocycles. The van der Waals surface area contributed by atoms with Crippen LogP contribution in [-0.4, -0.2) is 37.1 Å². The van der Waals surface area contributed by atoms with Crippen molar-refractivity contribution in [2.45, 2.75) is 77.0 Å². The fraction of sp³-hybridized carbons (Fsp3) is 0.720. The lowest BCUT2D eigenvalue weighted by molar-refractivity contribution is -0.120. The Morgan fingerprint density at radius 2 is 1.79 bits per heavy atom. The van der Waals surface area contributed by atoms with Crippen molar-refractivity contribution >= 4 is 5.78 Å². The van der Waals surface area contributed by atoms with E-state index >= 15 is 0 Å². The van der Waals surface area contributed by atoms with Crippen molar-refractivity contribution in [3.63, 3.8) is 0 Å². The van der Waals surface area contributed by atoms with Gasteiger partial charge in [0.2, 0.25) is 6.79 Å². The molecule has 29 heavy (non-hydrogen) atoms. The molecule has 1 saturated carbocycles. The zero-order chi connectivity index (χ0) is 20.1. The van der Waals surface area contributed by atoms with Crippen molar-refractivity contribution in [3.8, 4) is 11.5 Å². The van der Waals surface area contributed by atoms with Crippen LogP contribution in [-0.2, 0) is 4.79 Å². The van der Waals surface area contributed by atoms with Crippen LogP contribution in [0.2, 0.25) is 0 Å². The van der Waals surface area contributed by atoms with Gasteiger partial charge in [0, 0.05) is 18.4 Å². The van der Waals surface area contributed by atoms with Gasteiger partial charge in [-0.2, -0.15) is 0 Å². The van der Waals surface area contributed by atoms with E-state index in [1.54, 1.807) is 0 Å². The highest BCUT2D eigenvalue weighted by atomic mass is 16.7. The number of para-hydroxylation sites is 1. The largest absolute Gasteiger partial charge is 0.454 e. The molecule has 0 spiro atoms. The first-order valence-corrected chi connectivity index (χ1v) is 11.9. The van der Waals surface area contributed by atoms with E-state index in [2.05, 4.69) is 24.0 Å². The fourth-order valence-corrected chi connectivity index (χ4v) is 5.53. The van der Waals surface area contributed by atoms with Crippen LogP contribution in [0.5, 0.6) is 11.5 Å². The Bertz CT molecular complexity index is 673. The van der Waals surface area contributed by atoms with Crippen LogP contribution in [0.1, 0.15) is 82.6 Å². The second-order valence-electron chi connectivity index (χ2n) is 9.37. The van der Waals surface area contributed by atoms with Gasteiger partial charge in [-0.25, -0.2) is 0 Å². The van der Waals surface area contributed by atoms with Crippen molar-refractivity contribution in [1.82, 2.24) is 4.90 Å². The number of likely N-dealkylation sites (tertiary alicyclic amines) is 1. The molecule has 4 heteroatoms. The highest BCUT2D eigenvalue weighted by molar-refractivity contribution is 5.78. The Hall–Kier alpha value is -1.55. The number of nitrogens with zero attached hydrogens (tertiary/aromatic N) is 1. The molecule has 0 aromatic heterocycles. The molecule has 1 aliphatic carbocycles. The van der Waals surface area contributed by atoms with Gasteiger partial charge in [-0.3, -0.25) is 4.79 Å². The van der Waals surface area contributed by atoms with Gasteiger partial charge >= 0.3 is 0 Å². The summed E-state index contributed by atoms with van der Waals surface area (Å²) < 4.78 is 11.3. The van der Waals surface area contributed by atoms with Gasteiger partial charge in [0.15, 0.2) is 11.5 Å². The van der Waals surface area contributed by atoms with E-state index < -0.39 is 0 Å². The molecule has 4 rings (SSSR count). The predicted octanol–water partition coefficient (Wildman–Crippen LogP) is 5.55. The van der Waals surface area contributed by atoms with Gasteiger partial charge in [-0.05, 0) is 82.0 Å². The first-order chi connectivity index (χ1) is 14.2. The minimum absolute atomic E-state index is 0.361. The molecule has 0 amide bonds. The fourth-order valence-electron chi connectivity index (χ4n) is 5.53. The summed E-state index contributed by atoms with van der Waals surface area (Å²) in [5.41, 5.74) is 1.34. The number of benzene rings is 1. The van der Waals surface area contributed by atoms with E-state index in [9.17, 15) is 4.79 Å². The van der Waals surface area contributed by atoms with Crippen LogP contribution in [0, 0.1) is 11.8 Å². The summed E-state index contributed by atoms with van der Waals surface area (Å²) in [5.74, 6) is 4.52. The van der Waals surface area contributed by atoms with Gasteiger partial charge in [-0.15, -0.1) is 0 Å². The third-order valence-electron chi connectivity index (χ3n) is 7.32. The van der Waals surface area contributed by atoms with E-state index in [1.165, 1.54) is 70.1 Å². The van der Waals surface area contributed by atoms with E-state index in [0.717, 1.165) is 36.7 Å². The van der Waals surface area contributed by atoms with Crippen molar-refractivity contribution in [1.29, 1.82) is 0 Å². The summed E-state index contributed by atoms with van der Waals surface area (Å²) in [7, 11) is 0. The molecule has 2 fully saturated rings. The number of piperidine rings is 1. The highest BCUT2D eigenvalue weighted by Crippen LogP contribution is 2.42. The van der Waals surface area contributed by atoms with Gasteiger partial charge in [0.05, 0.1) is 0 Å². The van der Waals surface area contributed by atoms with E-state index in [0.29, 0.717) is 24.4 Å². The lowest BCUT2D eigenvalue weighted by Gasteiger charge is -2.34. The van der Waals surface area contributed by atoms with Crippen molar-refractivity contribution in [2.75, 3.05) is 26.4 Å². The number of hydrogen-bond donors (Lipinski definition) is 0. The van der Waals surface area contributed by atoms with Crippen LogP contribution >= 0.6 is 0 Å². The van der Waals surface area contributed by atoms with Crippen molar-refractivity contribution in [2.24, 2.45) is 11.8 Å². The summed E-state index contributed by atoms with van der Waals surface area (Å²) in [6.45, 7) is 6.09. The minimum Gasteiger partial charge on any atom is -0.454 e. The van der Waals surface area contributed by atoms with Gasteiger partial charge in [0.1, 0.15) is 5.78 Å². The Morgan fingerprint density at radius 1 is 1.03 bits per heavy atom. The highest BCUT2D eigenvalue weighted by Gasteiger charge is 2.28. The second-order valence-corrected chi connectivity index (χ2v) is 9.37. The lowest BCUT2D eigenvalue weighted by Crippen LogP contribution is -2.34. The van der Waals surface area contributed by atoms with E-state index in [1.807, 2.05) is 6.07 Å². The summed E-state index contributed by atoms with van der Waals surface area (Å²) >= 11 is 0. The molecule has 0 N–H and O–H groups in total. The number of ketones is 1. The van der Waals surface area contributed by atoms with Crippen molar-refractivity contribution < 1.29 is 14.3 Å². The third kappa shape index (κ3) is 5.33. The molecule has 1 aromatic rings. The molecular formula is C25H37NO3. The summed E-state index contributed by atoms with van der Waals surface area (Å²) in [4.78, 5) is 14.6. The van der Waals surface area contributed by atoms with Gasteiger partial charge in [-0.1, -0.05) is 31.9 Å². The first-order valence-electron chi connectivity index (χ1n) is 11.9. The molecule has 2 aliphatic heterocycles. The third-order valence-corrected chi connectivity index (χ3v) is 7.32. The molecule has 3 aliphatic rings. The van der Waals surface area contributed by atoms with Crippen LogP contribution in [0.15, 0.2) is 18.2 Å². The smallest absolute Gasteiger partial charge is 0.231 e. The summed E-state index contributed by atoms with van der Waals surface area (Å²) in [6, 6.07) is 6.33. The lowest BCUT2D eigenvalue weighted by atomic mass is 9.78. The second kappa shape index (κ2) is 9.97. The van der Waals surface area contributed by atoms with Gasteiger partial charge in [0.25, 0.3) is 0 Å². The molecule has 0 bridgehead atoms. The predicted molar refractivity (Wildman–Crippen MR) is 116 cm³/mol. The normalized spacial score (nSPS) is 25.3. The number of carbonyl (C=O) groups is 1.